The molecule has 1 saturated carbocycles. The van der Waals surface area contributed by atoms with Gasteiger partial charge < -0.3 is 10.0 Å². The number of carbonyl (C=O) groups excluding carboxylic acids is 1. The first-order chi connectivity index (χ1) is 9.15. The number of hydrogen-bond donors (Lipinski definition) is 1. The van der Waals surface area contributed by atoms with E-state index in [2.05, 4.69) is 4.90 Å². The quantitative estimate of drug-likeness (QED) is 0.901. The van der Waals surface area contributed by atoms with E-state index in [1.807, 2.05) is 4.90 Å². The van der Waals surface area contributed by atoms with E-state index >= 15 is 0 Å². The van der Waals surface area contributed by atoms with Gasteiger partial charge >= 0.3 is 0 Å². The van der Waals surface area contributed by atoms with Gasteiger partial charge in [-0.25, -0.2) is 0 Å². The maximum absolute atomic E-state index is 12.3. The number of nitrogens with zero attached hydrogens (tertiary/aromatic N) is 2. The van der Waals surface area contributed by atoms with Crippen LogP contribution in [0.3, 0.4) is 0 Å². The molecule has 1 aliphatic heterocycles. The third-order valence-electron chi connectivity index (χ3n) is 3.86. The summed E-state index contributed by atoms with van der Waals surface area (Å²) < 4.78 is 0. The van der Waals surface area contributed by atoms with Crippen LogP contribution in [0.2, 0.25) is 5.02 Å². The standard InChI is InChI=1S/C14H17ClN2O2/c15-12-9-10(1-4-13(12)18)14(19)17-7-5-16(6-8-17)11-2-3-11/h1,4,9,11,18H,2-3,5-8H2. The molecule has 0 aromatic heterocycles. The molecule has 102 valence electrons. The molecule has 1 heterocycles. The van der Waals surface area contributed by atoms with Crippen LogP contribution < -0.4 is 0 Å². The Bertz CT molecular complexity index is 494. The Kier molecular flexibility index (Phi) is 3.37. The van der Waals surface area contributed by atoms with Crippen LogP contribution >= 0.6 is 11.6 Å². The Morgan fingerprint density at radius 1 is 1.21 bits per heavy atom. The first kappa shape index (κ1) is 12.8. The minimum Gasteiger partial charge on any atom is -0.506 e. The molecule has 0 spiro atoms. The lowest BCUT2D eigenvalue weighted by atomic mass is 10.1. The van der Waals surface area contributed by atoms with Crippen LogP contribution in [0.25, 0.3) is 0 Å². The fourth-order valence-electron chi connectivity index (χ4n) is 2.55. The highest BCUT2D eigenvalue weighted by atomic mass is 35.5. The monoisotopic (exact) mass is 280 g/mol. The number of phenols is 1. The van der Waals surface area contributed by atoms with Gasteiger partial charge in [-0.15, -0.1) is 0 Å². The maximum Gasteiger partial charge on any atom is 0.253 e. The number of hydrogen-bond acceptors (Lipinski definition) is 3. The van der Waals surface area contributed by atoms with Crippen LogP contribution in [0.4, 0.5) is 0 Å². The minimum absolute atomic E-state index is 0.00246. The molecule has 1 saturated heterocycles. The van der Waals surface area contributed by atoms with Crippen molar-refractivity contribution in [3.63, 3.8) is 0 Å². The number of piperazine rings is 1. The van der Waals surface area contributed by atoms with Gasteiger partial charge in [0.2, 0.25) is 0 Å². The third-order valence-corrected chi connectivity index (χ3v) is 4.16. The van der Waals surface area contributed by atoms with E-state index < -0.39 is 0 Å². The van der Waals surface area contributed by atoms with Gasteiger partial charge in [0.15, 0.2) is 0 Å². The van der Waals surface area contributed by atoms with E-state index in [0.717, 1.165) is 32.2 Å². The Morgan fingerprint density at radius 3 is 2.47 bits per heavy atom. The van der Waals surface area contributed by atoms with E-state index in [-0.39, 0.29) is 16.7 Å². The van der Waals surface area contributed by atoms with Gasteiger partial charge in [-0.05, 0) is 31.0 Å². The van der Waals surface area contributed by atoms with Gasteiger partial charge in [-0.3, -0.25) is 9.69 Å². The van der Waals surface area contributed by atoms with Crippen LogP contribution in [0.15, 0.2) is 18.2 Å². The number of halogens is 1. The van der Waals surface area contributed by atoms with Crippen molar-refractivity contribution < 1.29 is 9.90 Å². The molecule has 0 atom stereocenters. The SMILES string of the molecule is O=C(c1ccc(O)c(Cl)c1)N1CCN(C2CC2)CC1. The lowest BCUT2D eigenvalue weighted by molar-refractivity contribution is 0.0627. The van der Waals surface area contributed by atoms with E-state index in [1.54, 1.807) is 6.07 Å². The topological polar surface area (TPSA) is 43.8 Å². The average Bonchev–Trinajstić information content (AvgIpc) is 3.26. The summed E-state index contributed by atoms with van der Waals surface area (Å²) in [7, 11) is 0. The number of phenolic OH excluding ortho intramolecular Hbond substituents is 1. The fourth-order valence-corrected chi connectivity index (χ4v) is 2.73. The van der Waals surface area contributed by atoms with Crippen LogP contribution in [-0.4, -0.2) is 53.0 Å². The molecule has 2 aliphatic rings. The fraction of sp³-hybridized carbons (Fsp3) is 0.500. The molecule has 1 aromatic carbocycles. The summed E-state index contributed by atoms with van der Waals surface area (Å²) in [6, 6.07) is 5.39. The van der Waals surface area contributed by atoms with Gasteiger partial charge in [0.05, 0.1) is 5.02 Å². The molecule has 2 fully saturated rings. The molecule has 5 heteroatoms. The lowest BCUT2D eigenvalue weighted by Crippen LogP contribution is -2.49. The predicted octanol–water partition coefficient (Wildman–Crippen LogP) is 1.97. The summed E-state index contributed by atoms with van der Waals surface area (Å²) >= 11 is 5.84. The van der Waals surface area contributed by atoms with E-state index in [0.29, 0.717) is 5.56 Å². The highest BCUT2D eigenvalue weighted by Crippen LogP contribution is 2.28. The normalized spacial score (nSPS) is 20.6. The molecule has 0 bridgehead atoms. The zero-order valence-corrected chi connectivity index (χ0v) is 11.4. The second-order valence-corrected chi connectivity index (χ2v) is 5.63. The van der Waals surface area contributed by atoms with Crippen molar-refractivity contribution in [3.8, 4) is 5.75 Å². The van der Waals surface area contributed by atoms with Crippen molar-refractivity contribution in [2.45, 2.75) is 18.9 Å². The summed E-state index contributed by atoms with van der Waals surface area (Å²) in [6.45, 7) is 3.46. The summed E-state index contributed by atoms with van der Waals surface area (Å²) in [5.74, 6) is 0.00844. The number of rotatable bonds is 2. The van der Waals surface area contributed by atoms with Gasteiger partial charge in [0.1, 0.15) is 5.75 Å². The molecule has 1 aliphatic carbocycles. The number of carbonyl (C=O) groups is 1. The van der Waals surface area contributed by atoms with Crippen molar-refractivity contribution in [1.82, 2.24) is 9.80 Å². The molecule has 19 heavy (non-hydrogen) atoms. The Hall–Kier alpha value is -1.26. The van der Waals surface area contributed by atoms with E-state index in [1.165, 1.54) is 25.0 Å². The molecule has 1 amide bonds. The molecular formula is C14H17ClN2O2. The molecule has 1 aromatic rings. The summed E-state index contributed by atoms with van der Waals surface area (Å²) in [6.07, 6.45) is 2.61. The highest BCUT2D eigenvalue weighted by molar-refractivity contribution is 6.32. The molecule has 3 rings (SSSR count). The largest absolute Gasteiger partial charge is 0.506 e. The van der Waals surface area contributed by atoms with Gasteiger partial charge in [-0.1, -0.05) is 11.6 Å². The summed E-state index contributed by atoms with van der Waals surface area (Å²) in [5.41, 5.74) is 0.544. The van der Waals surface area contributed by atoms with Crippen molar-refractivity contribution in [2.75, 3.05) is 26.2 Å². The van der Waals surface area contributed by atoms with Crippen LogP contribution in [-0.2, 0) is 0 Å². The Morgan fingerprint density at radius 2 is 1.89 bits per heavy atom. The smallest absolute Gasteiger partial charge is 0.253 e. The number of amides is 1. The van der Waals surface area contributed by atoms with Gasteiger partial charge in [0, 0.05) is 37.8 Å². The predicted molar refractivity (Wildman–Crippen MR) is 73.6 cm³/mol. The molecule has 0 radical (unpaired) electrons. The Labute approximate surface area is 117 Å². The highest BCUT2D eigenvalue weighted by Gasteiger charge is 2.32. The van der Waals surface area contributed by atoms with Crippen molar-refractivity contribution >= 4 is 17.5 Å². The third kappa shape index (κ3) is 2.69. The van der Waals surface area contributed by atoms with E-state index in [4.69, 9.17) is 11.6 Å². The first-order valence-electron chi connectivity index (χ1n) is 6.67. The zero-order valence-electron chi connectivity index (χ0n) is 10.7. The Balaban J connectivity index is 1.65. The van der Waals surface area contributed by atoms with Crippen LogP contribution in [0, 0.1) is 0 Å². The first-order valence-corrected chi connectivity index (χ1v) is 7.05. The molecular weight excluding hydrogens is 264 g/mol. The minimum atomic E-state index is -0.00246. The molecule has 4 nitrogen and oxygen atoms in total. The van der Waals surface area contributed by atoms with Crippen LogP contribution in [0.5, 0.6) is 5.75 Å². The van der Waals surface area contributed by atoms with Gasteiger partial charge in [0.25, 0.3) is 5.91 Å². The van der Waals surface area contributed by atoms with Crippen LogP contribution in [0.1, 0.15) is 23.2 Å². The lowest BCUT2D eigenvalue weighted by Gasteiger charge is -2.34. The van der Waals surface area contributed by atoms with Gasteiger partial charge in [-0.2, -0.15) is 0 Å². The zero-order chi connectivity index (χ0) is 13.4. The molecule has 0 unspecified atom stereocenters. The molecule has 1 N–H and O–H groups in total. The van der Waals surface area contributed by atoms with E-state index in [9.17, 15) is 9.90 Å². The van der Waals surface area contributed by atoms with Crippen molar-refractivity contribution in [2.24, 2.45) is 0 Å². The summed E-state index contributed by atoms with van der Waals surface area (Å²) in [5, 5.41) is 9.60. The second-order valence-electron chi connectivity index (χ2n) is 5.23. The second kappa shape index (κ2) is 5.02. The van der Waals surface area contributed by atoms with Crippen molar-refractivity contribution in [3.05, 3.63) is 28.8 Å². The number of benzene rings is 1. The van der Waals surface area contributed by atoms with Crippen molar-refractivity contribution in [1.29, 1.82) is 0 Å². The summed E-state index contributed by atoms with van der Waals surface area (Å²) in [4.78, 5) is 16.7. The average molecular weight is 281 g/mol. The number of aromatic hydroxyl groups is 1. The maximum atomic E-state index is 12.3.